The van der Waals surface area contributed by atoms with Crippen LogP contribution in [0.2, 0.25) is 0 Å². The Kier molecular flexibility index (Phi) is 17.2. The standard InChI is InChI=1S/C9H20O.Nb/c1-2-3-4-5-6-7-8-9-10;/h10H,2-9H2,1H3;. The van der Waals surface area contributed by atoms with Crippen LogP contribution in [-0.4, -0.2) is 11.7 Å². The zero-order valence-electron chi connectivity index (χ0n) is 7.55. The minimum absolute atomic E-state index is 0. The molecule has 0 fully saturated rings. The molecule has 0 unspecified atom stereocenters. The van der Waals surface area contributed by atoms with E-state index >= 15 is 0 Å². The monoisotopic (exact) mass is 237 g/mol. The second-order valence-electron chi connectivity index (χ2n) is 2.84. The third-order valence-electron chi connectivity index (χ3n) is 1.76. The molecule has 0 spiro atoms. The average molecular weight is 237 g/mol. The fourth-order valence-electron chi connectivity index (χ4n) is 1.07. The van der Waals surface area contributed by atoms with Crippen molar-refractivity contribution < 1.29 is 27.5 Å². The summed E-state index contributed by atoms with van der Waals surface area (Å²) in [7, 11) is 0. The molecule has 0 rings (SSSR count). The summed E-state index contributed by atoms with van der Waals surface area (Å²) in [4.78, 5) is 0. The molecular weight excluding hydrogens is 217 g/mol. The minimum atomic E-state index is 0. The molecule has 67 valence electrons. The van der Waals surface area contributed by atoms with E-state index in [0.29, 0.717) is 6.61 Å². The molecule has 1 N–H and O–H groups in total. The Morgan fingerprint density at radius 1 is 0.818 bits per heavy atom. The van der Waals surface area contributed by atoms with Crippen molar-refractivity contribution >= 4 is 0 Å². The van der Waals surface area contributed by atoms with Crippen LogP contribution in [0.3, 0.4) is 0 Å². The molecule has 0 aliphatic rings. The van der Waals surface area contributed by atoms with Crippen LogP contribution in [0.15, 0.2) is 0 Å². The van der Waals surface area contributed by atoms with Crippen LogP contribution in [0.1, 0.15) is 51.9 Å². The van der Waals surface area contributed by atoms with Gasteiger partial charge in [-0.1, -0.05) is 45.4 Å². The summed E-state index contributed by atoms with van der Waals surface area (Å²) in [5, 5.41) is 8.47. The minimum Gasteiger partial charge on any atom is -0.396 e. The SMILES string of the molecule is CCCCCCCCCO.[Nb]. The Labute approximate surface area is 86.1 Å². The molecule has 0 aromatic rings. The van der Waals surface area contributed by atoms with Crippen LogP contribution in [-0.2, 0) is 22.4 Å². The van der Waals surface area contributed by atoms with Gasteiger partial charge in [-0.2, -0.15) is 0 Å². The van der Waals surface area contributed by atoms with Crippen molar-refractivity contribution in [3.05, 3.63) is 0 Å². The number of aliphatic hydroxyl groups is 1. The van der Waals surface area contributed by atoms with Crippen LogP contribution < -0.4 is 0 Å². The van der Waals surface area contributed by atoms with Gasteiger partial charge in [-0.05, 0) is 6.42 Å². The Morgan fingerprint density at radius 3 is 1.73 bits per heavy atom. The van der Waals surface area contributed by atoms with Gasteiger partial charge >= 0.3 is 0 Å². The third kappa shape index (κ3) is 13.7. The van der Waals surface area contributed by atoms with E-state index in [0.717, 1.165) is 6.42 Å². The zero-order chi connectivity index (χ0) is 7.66. The van der Waals surface area contributed by atoms with E-state index in [4.69, 9.17) is 5.11 Å². The summed E-state index contributed by atoms with van der Waals surface area (Å²) in [5.74, 6) is 0. The first kappa shape index (κ1) is 14.2. The molecule has 0 aromatic carbocycles. The Hall–Kier alpha value is 0.700. The molecule has 2 heteroatoms. The number of hydrogen-bond donors (Lipinski definition) is 1. The summed E-state index contributed by atoms with van der Waals surface area (Å²) in [5.41, 5.74) is 0. The van der Waals surface area contributed by atoms with Crippen molar-refractivity contribution in [2.75, 3.05) is 6.61 Å². The maximum Gasteiger partial charge on any atom is 0.0431 e. The molecule has 0 amide bonds. The molecule has 1 radical (unpaired) electrons. The number of hydrogen-bond acceptors (Lipinski definition) is 1. The van der Waals surface area contributed by atoms with E-state index in [9.17, 15) is 0 Å². The predicted octanol–water partition coefficient (Wildman–Crippen LogP) is 2.73. The van der Waals surface area contributed by atoms with Gasteiger partial charge in [0, 0.05) is 29.0 Å². The molecule has 0 saturated carbocycles. The van der Waals surface area contributed by atoms with E-state index in [1.165, 1.54) is 38.5 Å². The maximum absolute atomic E-state index is 8.47. The summed E-state index contributed by atoms with van der Waals surface area (Å²) in [6.45, 7) is 2.60. The van der Waals surface area contributed by atoms with E-state index in [1.807, 2.05) is 0 Å². The molecule has 0 aliphatic carbocycles. The third-order valence-corrected chi connectivity index (χ3v) is 1.76. The van der Waals surface area contributed by atoms with Crippen LogP contribution in [0, 0.1) is 0 Å². The van der Waals surface area contributed by atoms with Gasteiger partial charge < -0.3 is 5.11 Å². The van der Waals surface area contributed by atoms with Gasteiger partial charge in [-0.3, -0.25) is 0 Å². The van der Waals surface area contributed by atoms with E-state index < -0.39 is 0 Å². The van der Waals surface area contributed by atoms with Crippen molar-refractivity contribution in [2.24, 2.45) is 0 Å². The Bertz CT molecular complexity index is 49.5. The first-order valence-corrected chi connectivity index (χ1v) is 4.52. The topological polar surface area (TPSA) is 20.2 Å². The quantitative estimate of drug-likeness (QED) is 0.533. The first-order chi connectivity index (χ1) is 4.91. The van der Waals surface area contributed by atoms with Crippen molar-refractivity contribution in [2.45, 2.75) is 51.9 Å². The summed E-state index contributed by atoms with van der Waals surface area (Å²) < 4.78 is 0. The second kappa shape index (κ2) is 13.3. The fraction of sp³-hybridized carbons (Fsp3) is 1.00. The summed E-state index contributed by atoms with van der Waals surface area (Å²) in [6.07, 6.45) is 8.93. The first-order valence-electron chi connectivity index (χ1n) is 4.52. The van der Waals surface area contributed by atoms with Crippen molar-refractivity contribution in [3.63, 3.8) is 0 Å². The van der Waals surface area contributed by atoms with Gasteiger partial charge in [0.1, 0.15) is 0 Å². The Balaban J connectivity index is 0. The van der Waals surface area contributed by atoms with Crippen molar-refractivity contribution in [3.8, 4) is 0 Å². The molecular formula is C9H20NbO. The van der Waals surface area contributed by atoms with E-state index in [-0.39, 0.29) is 22.4 Å². The van der Waals surface area contributed by atoms with Gasteiger partial charge in [0.25, 0.3) is 0 Å². The van der Waals surface area contributed by atoms with Gasteiger partial charge in [0.05, 0.1) is 0 Å². The summed E-state index contributed by atoms with van der Waals surface area (Å²) in [6, 6.07) is 0. The molecule has 0 saturated heterocycles. The molecule has 0 bridgehead atoms. The van der Waals surface area contributed by atoms with Gasteiger partial charge in [0.2, 0.25) is 0 Å². The van der Waals surface area contributed by atoms with Gasteiger partial charge in [-0.25, -0.2) is 0 Å². The van der Waals surface area contributed by atoms with E-state index in [2.05, 4.69) is 6.92 Å². The molecule has 0 aromatic heterocycles. The molecule has 1 nitrogen and oxygen atoms in total. The average Bonchev–Trinajstić information content (AvgIpc) is 1.97. The smallest absolute Gasteiger partial charge is 0.0431 e. The van der Waals surface area contributed by atoms with Crippen molar-refractivity contribution in [1.82, 2.24) is 0 Å². The van der Waals surface area contributed by atoms with Crippen LogP contribution in [0.5, 0.6) is 0 Å². The number of unbranched alkanes of at least 4 members (excludes halogenated alkanes) is 6. The van der Waals surface area contributed by atoms with Crippen LogP contribution in [0.4, 0.5) is 0 Å². The van der Waals surface area contributed by atoms with Crippen LogP contribution in [0.25, 0.3) is 0 Å². The van der Waals surface area contributed by atoms with Crippen molar-refractivity contribution in [1.29, 1.82) is 0 Å². The van der Waals surface area contributed by atoms with Gasteiger partial charge in [-0.15, -0.1) is 0 Å². The molecule has 11 heavy (non-hydrogen) atoms. The van der Waals surface area contributed by atoms with Gasteiger partial charge in [0.15, 0.2) is 0 Å². The normalized spacial score (nSPS) is 9.27. The maximum atomic E-state index is 8.47. The molecule has 0 aliphatic heterocycles. The number of rotatable bonds is 7. The van der Waals surface area contributed by atoms with E-state index in [1.54, 1.807) is 0 Å². The second-order valence-corrected chi connectivity index (χ2v) is 2.84. The molecule has 0 atom stereocenters. The zero-order valence-corrected chi connectivity index (χ0v) is 9.75. The summed E-state index contributed by atoms with van der Waals surface area (Å²) >= 11 is 0. The predicted molar refractivity (Wildman–Crippen MR) is 45.1 cm³/mol. The Morgan fingerprint density at radius 2 is 1.27 bits per heavy atom. The fourth-order valence-corrected chi connectivity index (χ4v) is 1.07. The number of aliphatic hydroxyl groups excluding tert-OH is 1. The molecule has 0 heterocycles. The largest absolute Gasteiger partial charge is 0.396 e. The van der Waals surface area contributed by atoms with Crippen LogP contribution >= 0.6 is 0 Å².